The molecule has 0 spiro atoms. The van der Waals surface area contributed by atoms with Gasteiger partial charge in [0.2, 0.25) is 0 Å². The number of fused-ring (bicyclic) bond motifs is 1. The second-order valence-electron chi connectivity index (χ2n) is 5.01. The van der Waals surface area contributed by atoms with Crippen molar-refractivity contribution in [3.63, 3.8) is 0 Å². The van der Waals surface area contributed by atoms with Crippen molar-refractivity contribution in [3.8, 4) is 0 Å². The van der Waals surface area contributed by atoms with Crippen LogP contribution in [0.25, 0.3) is 10.9 Å². The molecule has 1 aromatic heterocycles. The van der Waals surface area contributed by atoms with Gasteiger partial charge >= 0.3 is 0 Å². The molecule has 0 N–H and O–H groups in total. The van der Waals surface area contributed by atoms with Crippen LogP contribution in [0.15, 0.2) is 54.7 Å². The lowest BCUT2D eigenvalue weighted by molar-refractivity contribution is 0.103. The van der Waals surface area contributed by atoms with Crippen molar-refractivity contribution in [1.29, 1.82) is 0 Å². The quantitative estimate of drug-likeness (QED) is 0.650. The fourth-order valence-electron chi connectivity index (χ4n) is 2.51. The Kier molecular flexibility index (Phi) is 3.07. The lowest BCUT2D eigenvalue weighted by atomic mass is 9.95. The van der Waals surface area contributed by atoms with Crippen LogP contribution in [0.4, 0.5) is 0 Å². The fourth-order valence-corrected chi connectivity index (χ4v) is 2.51. The van der Waals surface area contributed by atoms with Crippen molar-refractivity contribution >= 4 is 16.7 Å². The summed E-state index contributed by atoms with van der Waals surface area (Å²) in [5.74, 6) is 0.0406. The second-order valence-corrected chi connectivity index (χ2v) is 5.01. The van der Waals surface area contributed by atoms with Crippen molar-refractivity contribution in [2.24, 2.45) is 0 Å². The van der Waals surface area contributed by atoms with Gasteiger partial charge in [-0.05, 0) is 37.1 Å². The van der Waals surface area contributed by atoms with Crippen LogP contribution in [-0.4, -0.2) is 10.8 Å². The number of hydrogen-bond donors (Lipinski definition) is 0. The molecule has 0 saturated heterocycles. The van der Waals surface area contributed by atoms with Gasteiger partial charge in [-0.3, -0.25) is 9.78 Å². The number of para-hydroxylation sites is 1. The van der Waals surface area contributed by atoms with Gasteiger partial charge in [0.25, 0.3) is 0 Å². The number of ketones is 1. The van der Waals surface area contributed by atoms with Crippen LogP contribution >= 0.6 is 0 Å². The number of nitrogens with zero attached hydrogens (tertiary/aromatic N) is 1. The third-order valence-electron chi connectivity index (χ3n) is 3.56. The Labute approximate surface area is 118 Å². The summed E-state index contributed by atoms with van der Waals surface area (Å²) < 4.78 is 0. The van der Waals surface area contributed by atoms with Crippen LogP contribution in [0.1, 0.15) is 27.0 Å². The predicted octanol–water partition coefficient (Wildman–Crippen LogP) is 4.08. The Morgan fingerprint density at radius 2 is 1.65 bits per heavy atom. The highest BCUT2D eigenvalue weighted by molar-refractivity contribution is 6.11. The minimum Gasteiger partial charge on any atom is -0.289 e. The monoisotopic (exact) mass is 261 g/mol. The molecule has 3 rings (SSSR count). The van der Waals surface area contributed by atoms with Gasteiger partial charge in [0.1, 0.15) is 0 Å². The Morgan fingerprint density at radius 3 is 2.40 bits per heavy atom. The summed E-state index contributed by atoms with van der Waals surface area (Å²) in [4.78, 5) is 17.1. The van der Waals surface area contributed by atoms with Crippen LogP contribution in [0, 0.1) is 13.8 Å². The number of carbonyl (C=O) groups is 1. The summed E-state index contributed by atoms with van der Waals surface area (Å²) in [6.07, 6.45) is 1.66. The third-order valence-corrected chi connectivity index (χ3v) is 3.56. The Bertz CT molecular complexity index is 785. The number of benzene rings is 2. The van der Waals surface area contributed by atoms with Gasteiger partial charge in [0.15, 0.2) is 5.78 Å². The van der Waals surface area contributed by atoms with Gasteiger partial charge in [-0.2, -0.15) is 0 Å². The summed E-state index contributed by atoms with van der Waals surface area (Å²) in [6, 6.07) is 15.6. The smallest absolute Gasteiger partial charge is 0.195 e. The lowest BCUT2D eigenvalue weighted by Crippen LogP contribution is -2.06. The molecule has 3 aromatic rings. The van der Waals surface area contributed by atoms with Gasteiger partial charge < -0.3 is 0 Å². The molecule has 98 valence electrons. The zero-order chi connectivity index (χ0) is 14.1. The largest absolute Gasteiger partial charge is 0.289 e. The van der Waals surface area contributed by atoms with E-state index in [9.17, 15) is 4.79 Å². The minimum absolute atomic E-state index is 0.0406. The first kappa shape index (κ1) is 12.5. The first-order valence-electron chi connectivity index (χ1n) is 6.62. The standard InChI is InChI=1S/C18H15NO/c1-12-6-5-7-13(2)17(12)18(20)15-10-14-8-3-4-9-16(14)19-11-15/h3-11H,1-2H3. The maximum atomic E-state index is 12.7. The Morgan fingerprint density at radius 1 is 0.950 bits per heavy atom. The van der Waals surface area contributed by atoms with Gasteiger partial charge in [-0.15, -0.1) is 0 Å². The summed E-state index contributed by atoms with van der Waals surface area (Å²) in [6.45, 7) is 3.93. The molecule has 0 fully saturated rings. The van der Waals surface area contributed by atoms with Gasteiger partial charge in [-0.1, -0.05) is 36.4 Å². The van der Waals surface area contributed by atoms with E-state index in [0.717, 1.165) is 27.6 Å². The van der Waals surface area contributed by atoms with Crippen molar-refractivity contribution in [2.75, 3.05) is 0 Å². The first-order valence-corrected chi connectivity index (χ1v) is 6.62. The molecule has 0 saturated carbocycles. The average Bonchev–Trinajstić information content (AvgIpc) is 2.46. The van der Waals surface area contributed by atoms with Crippen molar-refractivity contribution < 1.29 is 4.79 Å². The van der Waals surface area contributed by atoms with E-state index in [-0.39, 0.29) is 5.78 Å². The summed E-state index contributed by atoms with van der Waals surface area (Å²) >= 11 is 0. The molecule has 0 aliphatic carbocycles. The van der Waals surface area contributed by atoms with Crippen LogP contribution in [0.2, 0.25) is 0 Å². The third kappa shape index (κ3) is 2.10. The Hall–Kier alpha value is -2.48. The van der Waals surface area contributed by atoms with E-state index in [2.05, 4.69) is 4.98 Å². The molecule has 0 amide bonds. The molecule has 0 radical (unpaired) electrons. The summed E-state index contributed by atoms with van der Waals surface area (Å²) in [5, 5.41) is 0.990. The highest BCUT2D eigenvalue weighted by Gasteiger charge is 2.14. The normalized spacial score (nSPS) is 10.7. The van der Waals surface area contributed by atoms with Gasteiger partial charge in [0.05, 0.1) is 5.52 Å². The molecular formula is C18H15NO. The van der Waals surface area contributed by atoms with E-state index in [1.54, 1.807) is 6.20 Å². The molecule has 2 aromatic carbocycles. The fraction of sp³-hybridized carbons (Fsp3) is 0.111. The highest BCUT2D eigenvalue weighted by atomic mass is 16.1. The molecule has 2 heteroatoms. The first-order chi connectivity index (χ1) is 9.66. The number of carbonyl (C=O) groups excluding carboxylic acids is 1. The average molecular weight is 261 g/mol. The zero-order valence-corrected chi connectivity index (χ0v) is 11.6. The molecule has 0 unspecified atom stereocenters. The van der Waals surface area contributed by atoms with Crippen molar-refractivity contribution in [3.05, 3.63) is 77.0 Å². The molecular weight excluding hydrogens is 246 g/mol. The van der Waals surface area contributed by atoms with E-state index in [0.29, 0.717) is 5.56 Å². The van der Waals surface area contributed by atoms with E-state index in [1.807, 2.05) is 62.4 Å². The molecule has 1 heterocycles. The number of pyridine rings is 1. The van der Waals surface area contributed by atoms with Crippen LogP contribution < -0.4 is 0 Å². The lowest BCUT2D eigenvalue weighted by Gasteiger charge is -2.09. The van der Waals surface area contributed by atoms with Crippen LogP contribution in [0.5, 0.6) is 0 Å². The summed E-state index contributed by atoms with van der Waals surface area (Å²) in [5.41, 5.74) is 4.34. The van der Waals surface area contributed by atoms with Crippen LogP contribution in [0.3, 0.4) is 0 Å². The molecule has 0 aliphatic rings. The number of aryl methyl sites for hydroxylation is 2. The van der Waals surface area contributed by atoms with Crippen LogP contribution in [-0.2, 0) is 0 Å². The summed E-state index contributed by atoms with van der Waals surface area (Å²) in [7, 11) is 0. The predicted molar refractivity (Wildman–Crippen MR) is 81.1 cm³/mol. The van der Waals surface area contributed by atoms with Gasteiger partial charge in [0, 0.05) is 22.7 Å². The molecule has 20 heavy (non-hydrogen) atoms. The van der Waals surface area contributed by atoms with Crippen molar-refractivity contribution in [1.82, 2.24) is 4.98 Å². The van der Waals surface area contributed by atoms with E-state index in [1.165, 1.54) is 0 Å². The van der Waals surface area contributed by atoms with Gasteiger partial charge in [-0.25, -0.2) is 0 Å². The molecule has 0 aliphatic heterocycles. The SMILES string of the molecule is Cc1cccc(C)c1C(=O)c1cnc2ccccc2c1. The molecule has 2 nitrogen and oxygen atoms in total. The highest BCUT2D eigenvalue weighted by Crippen LogP contribution is 2.20. The number of rotatable bonds is 2. The van der Waals surface area contributed by atoms with E-state index >= 15 is 0 Å². The minimum atomic E-state index is 0.0406. The van der Waals surface area contributed by atoms with E-state index < -0.39 is 0 Å². The maximum absolute atomic E-state index is 12.7. The zero-order valence-electron chi connectivity index (χ0n) is 11.6. The second kappa shape index (κ2) is 4.89. The number of hydrogen-bond acceptors (Lipinski definition) is 2. The van der Waals surface area contributed by atoms with Crippen molar-refractivity contribution in [2.45, 2.75) is 13.8 Å². The number of aromatic nitrogens is 1. The molecule has 0 bridgehead atoms. The Balaban J connectivity index is 2.13. The van der Waals surface area contributed by atoms with E-state index in [4.69, 9.17) is 0 Å². The maximum Gasteiger partial charge on any atom is 0.195 e. The molecule has 0 atom stereocenters. The topological polar surface area (TPSA) is 30.0 Å².